The van der Waals surface area contributed by atoms with Crippen molar-refractivity contribution in [2.45, 2.75) is 134 Å². The number of esters is 1. The first-order chi connectivity index (χ1) is 23.5. The second kappa shape index (κ2) is 23.4. The first-order valence-corrected chi connectivity index (χ1v) is 18.0. The molecule has 0 spiro atoms. The van der Waals surface area contributed by atoms with Gasteiger partial charge in [-0.3, -0.25) is 0 Å². The van der Waals surface area contributed by atoms with E-state index in [1.54, 1.807) is 13.5 Å². The number of carbonyl (C=O) groups excluding carboxylic acids is 1. The van der Waals surface area contributed by atoms with Gasteiger partial charge >= 0.3 is 5.97 Å². The van der Waals surface area contributed by atoms with Gasteiger partial charge in [-0.2, -0.15) is 0 Å². The van der Waals surface area contributed by atoms with E-state index < -0.39 is 105 Å². The summed E-state index contributed by atoms with van der Waals surface area (Å²) >= 11 is 0. The van der Waals surface area contributed by atoms with Gasteiger partial charge in [0.2, 0.25) is 9.76 Å². The molecule has 293 valence electrons. The van der Waals surface area contributed by atoms with Crippen molar-refractivity contribution >= 4 is 15.7 Å². The molecule has 20 heteroatoms. The molecule has 3 aliphatic heterocycles. The molecule has 1 aromatic rings. The third-order valence-electron chi connectivity index (χ3n) is 10.3. The maximum Gasteiger partial charge on any atom is 0.338 e. The van der Waals surface area contributed by atoms with Crippen molar-refractivity contribution in [2.75, 3.05) is 26.9 Å². The molecule has 7 N–H and O–H groups in total. The Bertz CT molecular complexity index is 1290. The number of rotatable bonds is 12. The van der Waals surface area contributed by atoms with E-state index in [1.165, 1.54) is 7.11 Å². The summed E-state index contributed by atoms with van der Waals surface area (Å²) < 4.78 is 45.3. The van der Waals surface area contributed by atoms with Gasteiger partial charge in [-0.15, -0.1) is 0 Å². The summed E-state index contributed by atoms with van der Waals surface area (Å²) in [4.78, 5) is 13.3. The van der Waals surface area contributed by atoms with Gasteiger partial charge in [0.25, 0.3) is 0 Å². The van der Waals surface area contributed by atoms with Crippen LogP contribution < -0.4 is 0 Å². The predicted octanol–water partition coefficient (Wildman–Crippen LogP) is -1.55. The molecule has 4 rings (SSSR count). The van der Waals surface area contributed by atoms with Crippen LogP contribution in [0.2, 0.25) is 6.55 Å². The second-order valence-electron chi connectivity index (χ2n) is 13.2. The fourth-order valence-electron chi connectivity index (χ4n) is 6.51. The number of methoxy groups -OCH3 is 1. The van der Waals surface area contributed by atoms with Crippen molar-refractivity contribution in [3.63, 3.8) is 0 Å². The summed E-state index contributed by atoms with van der Waals surface area (Å²) in [6.07, 6.45) is -20.2. The largest absolute Gasteiger partial charge is 0.459 e. The van der Waals surface area contributed by atoms with E-state index in [-0.39, 0.29) is 121 Å². The molecule has 15 unspecified atom stereocenters. The third kappa shape index (κ3) is 11.9. The maximum atomic E-state index is 13.3. The molecule has 0 saturated carbocycles. The molecule has 0 aromatic heterocycles. The molecule has 3 aliphatic rings. The molecular formula is C33H52O16SiY3. The van der Waals surface area contributed by atoms with Gasteiger partial charge in [-0.05, 0) is 69.0 Å². The molecule has 15 atom stereocenters. The van der Waals surface area contributed by atoms with Crippen molar-refractivity contribution in [3.05, 3.63) is 33.4 Å². The summed E-state index contributed by atoms with van der Waals surface area (Å²) in [6.45, 7) is 12.1. The molecule has 3 heterocycles. The monoisotopic (exact) mass is 999 g/mol. The molecule has 1 aromatic carbocycles. The Balaban J connectivity index is 0.00000468. The van der Waals surface area contributed by atoms with Crippen molar-refractivity contribution < 1.29 is 176 Å². The summed E-state index contributed by atoms with van der Waals surface area (Å²) in [6, 6.07) is 0. The van der Waals surface area contributed by atoms with E-state index in [1.807, 2.05) is 34.6 Å². The van der Waals surface area contributed by atoms with Gasteiger partial charge in [0.1, 0.15) is 67.6 Å². The minimum Gasteiger partial charge on any atom is -0.459 e. The van der Waals surface area contributed by atoms with Gasteiger partial charge in [0.05, 0.1) is 24.9 Å². The fraction of sp³-hybridized carbons (Fsp3) is 0.788. The van der Waals surface area contributed by atoms with Gasteiger partial charge in [0, 0.05) is 111 Å². The first-order valence-electron chi connectivity index (χ1n) is 16.6. The van der Waals surface area contributed by atoms with Crippen LogP contribution in [0.5, 0.6) is 0 Å². The molecule has 53 heavy (non-hydrogen) atoms. The Labute approximate surface area is 388 Å². The van der Waals surface area contributed by atoms with Crippen LogP contribution in [0.15, 0.2) is 0 Å². The predicted molar refractivity (Wildman–Crippen MR) is 173 cm³/mol. The van der Waals surface area contributed by atoms with E-state index in [0.717, 1.165) is 27.8 Å². The van der Waals surface area contributed by atoms with Crippen molar-refractivity contribution in [2.24, 2.45) is 5.92 Å². The molecule has 3 saturated heterocycles. The van der Waals surface area contributed by atoms with E-state index in [9.17, 15) is 40.5 Å². The number of carbonyl (C=O) groups is 1. The van der Waals surface area contributed by atoms with Crippen LogP contribution in [0.4, 0.5) is 0 Å². The van der Waals surface area contributed by atoms with Crippen LogP contribution in [0.3, 0.4) is 0 Å². The van der Waals surface area contributed by atoms with Crippen LogP contribution in [0.25, 0.3) is 0 Å². The molecule has 5 radical (unpaired) electrons. The van der Waals surface area contributed by atoms with E-state index in [0.29, 0.717) is 5.56 Å². The van der Waals surface area contributed by atoms with Crippen LogP contribution in [-0.4, -0.2) is 164 Å². The smallest absolute Gasteiger partial charge is 0.338 e. The number of ether oxygens (including phenoxy) is 7. The topological polar surface area (TPSA) is 233 Å². The minimum atomic E-state index is -1.69. The zero-order valence-electron chi connectivity index (χ0n) is 31.3. The zero-order chi connectivity index (χ0) is 37.2. The standard InChI is InChI=1S/C33H52O16Si.3Y/c1-12-13(2)15(4)21(16(5)14(12)3)30(41)43-9-18-17(6)22(34)26(38)33(46-18)49-29-20(48-31(42-7)28(40)25(29)37)10-44-32-27(39)24(36)23(35)19(47-32)11-45-50-8;;;/h17-20,22-29,31-40H,9-11H2,1-8H3;;;. The molecule has 0 bridgehead atoms. The SMILES string of the molecule is COC1OC(COC2OC(CO[Si]C)C(O)C(O)C2O)C(OC2OC(COC(=O)c3c(C)c(C)c(C)c(C)c3C)C(C)C(O)C2O)C(O)C1O.[Y].[Y].[Y]. The molecule has 0 amide bonds. The Hall–Kier alpha value is 1.66. The summed E-state index contributed by atoms with van der Waals surface area (Å²) in [7, 11) is 1.31. The van der Waals surface area contributed by atoms with Gasteiger partial charge in [-0.1, -0.05) is 6.92 Å². The third-order valence-corrected chi connectivity index (χ3v) is 10.8. The summed E-state index contributed by atoms with van der Waals surface area (Å²) in [5, 5.41) is 75.0. The van der Waals surface area contributed by atoms with E-state index in [4.69, 9.17) is 37.6 Å². The Morgan fingerprint density at radius 2 is 1.13 bits per heavy atom. The van der Waals surface area contributed by atoms with Gasteiger partial charge in [-0.25, -0.2) is 4.79 Å². The van der Waals surface area contributed by atoms with Gasteiger partial charge < -0.3 is 73.3 Å². The molecule has 0 aliphatic carbocycles. The zero-order valence-corrected chi connectivity index (χ0v) is 40.8. The van der Waals surface area contributed by atoms with Crippen molar-refractivity contribution in [3.8, 4) is 0 Å². The number of benzene rings is 1. The van der Waals surface area contributed by atoms with Crippen LogP contribution in [0, 0.1) is 40.5 Å². The van der Waals surface area contributed by atoms with Crippen molar-refractivity contribution in [1.29, 1.82) is 0 Å². The molecule has 3 fully saturated rings. The Morgan fingerprint density at radius 1 is 0.623 bits per heavy atom. The number of aliphatic hydroxyl groups excluding tert-OH is 7. The average Bonchev–Trinajstić information content (AvgIpc) is 3.10. The quantitative estimate of drug-likeness (QED) is 0.0929. The number of hydrogen-bond acceptors (Lipinski definition) is 16. The van der Waals surface area contributed by atoms with Crippen LogP contribution in [0.1, 0.15) is 45.1 Å². The first kappa shape index (κ1) is 52.7. The Morgan fingerprint density at radius 3 is 1.70 bits per heavy atom. The van der Waals surface area contributed by atoms with Gasteiger partial charge in [0.15, 0.2) is 18.9 Å². The van der Waals surface area contributed by atoms with Crippen LogP contribution >= 0.6 is 0 Å². The molecule has 16 nitrogen and oxygen atoms in total. The van der Waals surface area contributed by atoms with E-state index in [2.05, 4.69) is 0 Å². The molecular weight excluding hydrogens is 947 g/mol. The number of hydrogen-bond donors (Lipinski definition) is 7. The Kier molecular flexibility index (Phi) is 23.3. The summed E-state index contributed by atoms with van der Waals surface area (Å²) in [5.74, 6) is -1.29. The second-order valence-corrected chi connectivity index (χ2v) is 13.9. The minimum absolute atomic E-state index is 0. The summed E-state index contributed by atoms with van der Waals surface area (Å²) in [5.41, 5.74) is 5.06. The maximum absolute atomic E-state index is 13.3. The number of aliphatic hydroxyl groups is 7. The van der Waals surface area contributed by atoms with Crippen LogP contribution in [-0.2, 0) is 136 Å². The van der Waals surface area contributed by atoms with Crippen molar-refractivity contribution in [1.82, 2.24) is 0 Å². The normalized spacial score (nSPS) is 37.2. The fourth-order valence-corrected chi connectivity index (χ4v) is 6.84. The average molecular weight is 1000 g/mol. The van der Waals surface area contributed by atoms with E-state index >= 15 is 0 Å².